The molecule has 0 amide bonds. The molecule has 0 saturated carbocycles. The maximum atomic E-state index is 12.5. The van der Waals surface area contributed by atoms with Gasteiger partial charge in [-0.15, -0.1) is 11.3 Å². The number of H-pyrrole nitrogens is 1. The average molecular weight is 362 g/mol. The number of rotatable bonds is 5. The second-order valence-corrected chi connectivity index (χ2v) is 8.14. The van der Waals surface area contributed by atoms with Crippen molar-refractivity contribution in [2.45, 2.75) is 17.7 Å². The topological polar surface area (TPSA) is 119 Å². The van der Waals surface area contributed by atoms with Crippen molar-refractivity contribution in [3.8, 4) is 6.07 Å². The van der Waals surface area contributed by atoms with Gasteiger partial charge in [0.25, 0.3) is 10.0 Å². The summed E-state index contributed by atoms with van der Waals surface area (Å²) in [7, 11) is -3.84. The summed E-state index contributed by atoms with van der Waals surface area (Å²) in [6.07, 6.45) is 3.37. The third-order valence-corrected chi connectivity index (χ3v) is 6.34. The largest absolute Gasteiger partial charge is 0.396 e. The number of aromatic nitrogens is 2. The zero-order valence-corrected chi connectivity index (χ0v) is 14.3. The number of aromatic amines is 1. The van der Waals surface area contributed by atoms with Gasteiger partial charge in [-0.3, -0.25) is 4.72 Å². The van der Waals surface area contributed by atoms with E-state index in [-0.39, 0.29) is 10.9 Å². The Kier molecular flexibility index (Phi) is 4.28. The van der Waals surface area contributed by atoms with Crippen LogP contribution in [0.25, 0.3) is 10.9 Å². The number of anilines is 1. The van der Waals surface area contributed by atoms with Gasteiger partial charge in [0.05, 0.1) is 16.8 Å². The highest BCUT2D eigenvalue weighted by molar-refractivity contribution is 7.94. The van der Waals surface area contributed by atoms with Crippen molar-refractivity contribution in [1.29, 1.82) is 5.26 Å². The van der Waals surface area contributed by atoms with E-state index in [1.54, 1.807) is 18.3 Å². The molecule has 0 atom stereocenters. The van der Waals surface area contributed by atoms with Gasteiger partial charge in [-0.25, -0.2) is 4.98 Å². The van der Waals surface area contributed by atoms with Crippen molar-refractivity contribution >= 4 is 38.0 Å². The smallest absolute Gasteiger partial charge is 0.289 e. The third-order valence-electron chi connectivity index (χ3n) is 3.53. The molecular weight excluding hydrogens is 348 g/mol. The van der Waals surface area contributed by atoms with Crippen LogP contribution in [0, 0.1) is 18.3 Å². The molecule has 2 aromatic heterocycles. The van der Waals surface area contributed by atoms with Crippen molar-refractivity contribution in [2.75, 3.05) is 11.3 Å². The Hall–Kier alpha value is -2.41. The maximum Gasteiger partial charge on any atom is 0.289 e. The van der Waals surface area contributed by atoms with Crippen molar-refractivity contribution in [3.63, 3.8) is 0 Å². The number of hydrogen-bond acceptors (Lipinski definition) is 6. The minimum atomic E-state index is -3.84. The van der Waals surface area contributed by atoms with E-state index in [1.165, 1.54) is 6.20 Å². The first kappa shape index (κ1) is 16.4. The number of fused-ring (bicyclic) bond motifs is 1. The molecule has 3 aromatic rings. The normalized spacial score (nSPS) is 11.5. The van der Waals surface area contributed by atoms with Gasteiger partial charge in [-0.2, -0.15) is 13.7 Å². The molecule has 2 heterocycles. The van der Waals surface area contributed by atoms with Gasteiger partial charge in [0.2, 0.25) is 4.34 Å². The number of hydrogen-bond donors (Lipinski definition) is 3. The van der Waals surface area contributed by atoms with E-state index in [2.05, 4.69) is 20.8 Å². The van der Waals surface area contributed by atoms with E-state index < -0.39 is 10.0 Å². The van der Waals surface area contributed by atoms with E-state index in [4.69, 9.17) is 10.4 Å². The van der Waals surface area contributed by atoms with E-state index in [9.17, 15) is 8.42 Å². The molecule has 124 valence electrons. The fraction of sp³-hybridized carbons (Fsp3) is 0.200. The molecule has 0 bridgehead atoms. The van der Waals surface area contributed by atoms with Crippen LogP contribution in [0.15, 0.2) is 28.9 Å². The van der Waals surface area contributed by atoms with Crippen LogP contribution in [0.3, 0.4) is 0 Å². The molecule has 0 aliphatic rings. The first-order valence-electron chi connectivity index (χ1n) is 7.05. The second kappa shape index (κ2) is 6.24. The number of sulfonamides is 1. The van der Waals surface area contributed by atoms with Crippen LogP contribution in [0.1, 0.15) is 16.0 Å². The van der Waals surface area contributed by atoms with Gasteiger partial charge in [0.15, 0.2) is 0 Å². The molecule has 3 rings (SSSR count). The zero-order chi connectivity index (χ0) is 17.3. The van der Waals surface area contributed by atoms with Crippen molar-refractivity contribution in [1.82, 2.24) is 9.97 Å². The lowest BCUT2D eigenvalue weighted by molar-refractivity contribution is 0.300. The first-order chi connectivity index (χ1) is 11.5. The van der Waals surface area contributed by atoms with E-state index >= 15 is 0 Å². The van der Waals surface area contributed by atoms with Gasteiger partial charge < -0.3 is 10.1 Å². The van der Waals surface area contributed by atoms with Crippen LogP contribution in [-0.2, 0) is 16.4 Å². The Balaban J connectivity index is 2.01. The predicted molar refractivity (Wildman–Crippen MR) is 91.5 cm³/mol. The van der Waals surface area contributed by atoms with Gasteiger partial charge in [0, 0.05) is 35.7 Å². The van der Waals surface area contributed by atoms with Gasteiger partial charge in [-0.1, -0.05) is 6.07 Å². The Morgan fingerprint density at radius 3 is 2.96 bits per heavy atom. The number of nitrogens with zero attached hydrogens (tertiary/aromatic N) is 2. The zero-order valence-electron chi connectivity index (χ0n) is 12.7. The Labute approximate surface area is 142 Å². The molecule has 0 fully saturated rings. The van der Waals surface area contributed by atoms with Gasteiger partial charge >= 0.3 is 0 Å². The second-order valence-electron chi connectivity index (χ2n) is 5.17. The number of thiazole rings is 1. The Morgan fingerprint density at radius 2 is 2.25 bits per heavy atom. The number of benzene rings is 1. The molecule has 0 spiro atoms. The molecular formula is C15H14N4O3S2. The summed E-state index contributed by atoms with van der Waals surface area (Å²) in [6, 6.07) is 5.49. The lowest BCUT2D eigenvalue weighted by atomic mass is 10.1. The molecule has 9 heteroatoms. The average Bonchev–Trinajstić information content (AvgIpc) is 3.18. The van der Waals surface area contributed by atoms with Crippen LogP contribution in [0.2, 0.25) is 0 Å². The SMILES string of the molecule is Cc1ccc(NS(=O)(=O)c2ncc(CCO)s2)c2[nH]cc(C#N)c12. The standard InChI is InChI=1S/C15H14N4O3S2/c1-9-2-3-12(14-13(9)10(6-16)7-17-14)19-24(21,22)15-18-8-11(23-15)4-5-20/h2-3,7-8,17,19-20H,4-5H2,1H3. The van der Waals surface area contributed by atoms with Gasteiger partial charge in [0.1, 0.15) is 6.07 Å². The van der Waals surface area contributed by atoms with E-state index in [0.29, 0.717) is 33.5 Å². The summed E-state index contributed by atoms with van der Waals surface area (Å²) in [5.41, 5.74) is 2.26. The number of nitriles is 1. The minimum Gasteiger partial charge on any atom is -0.396 e. The van der Waals surface area contributed by atoms with Crippen LogP contribution in [0.5, 0.6) is 0 Å². The summed E-state index contributed by atoms with van der Waals surface area (Å²) in [6.45, 7) is 1.80. The number of aliphatic hydroxyl groups excluding tert-OH is 1. The van der Waals surface area contributed by atoms with Gasteiger partial charge in [-0.05, 0) is 18.6 Å². The first-order valence-corrected chi connectivity index (χ1v) is 9.35. The third kappa shape index (κ3) is 2.87. The maximum absolute atomic E-state index is 12.5. The lowest BCUT2D eigenvalue weighted by Crippen LogP contribution is -2.13. The molecule has 0 aliphatic heterocycles. The highest BCUT2D eigenvalue weighted by atomic mass is 32.2. The summed E-state index contributed by atoms with van der Waals surface area (Å²) in [5.74, 6) is 0. The van der Waals surface area contributed by atoms with E-state index in [1.807, 2.05) is 6.92 Å². The van der Waals surface area contributed by atoms with Crippen LogP contribution in [0.4, 0.5) is 5.69 Å². The molecule has 0 aliphatic carbocycles. The number of aryl methyl sites for hydroxylation is 1. The van der Waals surface area contributed by atoms with Crippen molar-refractivity contribution in [2.24, 2.45) is 0 Å². The van der Waals surface area contributed by atoms with Crippen molar-refractivity contribution in [3.05, 3.63) is 40.5 Å². The van der Waals surface area contributed by atoms with Crippen LogP contribution < -0.4 is 4.72 Å². The predicted octanol–water partition coefficient (Wildman–Crippen LogP) is 2.14. The fourth-order valence-electron chi connectivity index (χ4n) is 2.42. The molecule has 7 nitrogen and oxygen atoms in total. The minimum absolute atomic E-state index is 0.0624. The molecule has 24 heavy (non-hydrogen) atoms. The van der Waals surface area contributed by atoms with E-state index in [0.717, 1.165) is 16.9 Å². The molecule has 0 saturated heterocycles. The lowest BCUT2D eigenvalue weighted by Gasteiger charge is -2.08. The summed E-state index contributed by atoms with van der Waals surface area (Å²) >= 11 is 1.02. The highest BCUT2D eigenvalue weighted by Crippen LogP contribution is 2.30. The monoisotopic (exact) mass is 362 g/mol. The number of nitrogens with one attached hydrogen (secondary N) is 2. The van der Waals surface area contributed by atoms with Crippen molar-refractivity contribution < 1.29 is 13.5 Å². The molecule has 1 aromatic carbocycles. The molecule has 0 radical (unpaired) electrons. The number of aliphatic hydroxyl groups is 1. The Morgan fingerprint density at radius 1 is 1.46 bits per heavy atom. The highest BCUT2D eigenvalue weighted by Gasteiger charge is 2.21. The summed E-state index contributed by atoms with van der Waals surface area (Å²) in [5, 5.41) is 18.8. The fourth-order valence-corrected chi connectivity index (χ4v) is 4.67. The van der Waals surface area contributed by atoms with Crippen LogP contribution >= 0.6 is 11.3 Å². The summed E-state index contributed by atoms with van der Waals surface area (Å²) < 4.78 is 27.5. The quantitative estimate of drug-likeness (QED) is 0.642. The Bertz CT molecular complexity index is 1040. The molecule has 0 unspecified atom stereocenters. The molecule has 3 N–H and O–H groups in total. The summed E-state index contributed by atoms with van der Waals surface area (Å²) in [4.78, 5) is 7.56. The van der Waals surface area contributed by atoms with Crippen LogP contribution in [-0.4, -0.2) is 30.1 Å².